The highest BCUT2D eigenvalue weighted by molar-refractivity contribution is 5.96. The lowest BCUT2D eigenvalue weighted by Gasteiger charge is -2.24. The molecular weight excluding hydrogens is 541 g/mol. The number of benzene rings is 1. The predicted molar refractivity (Wildman–Crippen MR) is 152 cm³/mol. The standard InChI is InChI=1S/C16H24F3NO2.C13H17NO3.CH4O/c1-21-13-7-6-12(5-4-10-20-8-2-3-9-20)11-14(13)22-16(19)15(17)18;1-17-11-8-6-10(7-9-11)12(15)4-2-3-5-13(14)16;1-2/h6,11,13,15-16H,2-5,7-10H2,1H3;6-9H,2-5H2,1H3,(H2,14,16);2H,1H3. The van der Waals surface area contributed by atoms with E-state index in [9.17, 15) is 22.8 Å². The third-order valence-electron chi connectivity index (χ3n) is 6.60. The fraction of sp³-hybridized carbons (Fsp3) is 0.600. The number of allylic oxidation sites excluding steroid dienone is 2. The number of primary amides is 1. The Hall–Kier alpha value is -2.89. The molecule has 8 nitrogen and oxygen atoms in total. The lowest BCUT2D eigenvalue weighted by molar-refractivity contribution is -0.118. The minimum absolute atomic E-state index is 0.0807. The van der Waals surface area contributed by atoms with Crippen LogP contribution in [0.5, 0.6) is 5.75 Å². The van der Waals surface area contributed by atoms with E-state index in [4.69, 9.17) is 25.1 Å². The van der Waals surface area contributed by atoms with Crippen LogP contribution in [-0.4, -0.2) is 81.5 Å². The molecule has 232 valence electrons. The maximum Gasteiger partial charge on any atom is 0.304 e. The number of alkyl halides is 3. The summed E-state index contributed by atoms with van der Waals surface area (Å²) < 4.78 is 52.6. The number of hydrogen-bond acceptors (Lipinski definition) is 7. The molecule has 0 bridgehead atoms. The number of ketones is 1. The van der Waals surface area contributed by atoms with E-state index >= 15 is 0 Å². The van der Waals surface area contributed by atoms with Gasteiger partial charge in [0.25, 0.3) is 6.36 Å². The zero-order valence-corrected chi connectivity index (χ0v) is 24.3. The monoisotopic (exact) mass is 586 g/mol. The second-order valence-electron chi connectivity index (χ2n) is 9.57. The molecule has 0 aromatic heterocycles. The van der Waals surface area contributed by atoms with Gasteiger partial charge in [-0.3, -0.25) is 9.59 Å². The van der Waals surface area contributed by atoms with Gasteiger partial charge in [-0.05, 0) is 100 Å². The summed E-state index contributed by atoms with van der Waals surface area (Å²) in [6.07, 6.45) is 4.46. The summed E-state index contributed by atoms with van der Waals surface area (Å²) in [5.74, 6) is 0.656. The number of methoxy groups -OCH3 is 2. The first-order chi connectivity index (χ1) is 19.7. The first kappa shape index (κ1) is 36.1. The maximum absolute atomic E-state index is 13.1. The molecular formula is C30H45F3N2O6. The van der Waals surface area contributed by atoms with Crippen LogP contribution in [0.25, 0.3) is 0 Å². The van der Waals surface area contributed by atoms with E-state index in [2.05, 4.69) is 4.90 Å². The maximum atomic E-state index is 13.1. The van der Waals surface area contributed by atoms with Crippen molar-refractivity contribution in [3.63, 3.8) is 0 Å². The Labute approximate surface area is 241 Å². The molecule has 11 heteroatoms. The first-order valence-corrected chi connectivity index (χ1v) is 13.9. The van der Waals surface area contributed by atoms with Gasteiger partial charge in [0.05, 0.1) is 7.11 Å². The van der Waals surface area contributed by atoms with Gasteiger partial charge in [-0.25, -0.2) is 8.78 Å². The summed E-state index contributed by atoms with van der Waals surface area (Å²) in [6, 6.07) is 7.01. The number of aliphatic hydroxyl groups is 1. The van der Waals surface area contributed by atoms with E-state index < -0.39 is 18.9 Å². The summed E-state index contributed by atoms with van der Waals surface area (Å²) >= 11 is 0. The molecule has 0 spiro atoms. The van der Waals surface area contributed by atoms with Crippen molar-refractivity contribution in [2.45, 2.75) is 76.7 Å². The quantitative estimate of drug-likeness (QED) is 0.215. The Kier molecular flexibility index (Phi) is 18.4. The molecule has 1 aromatic rings. The van der Waals surface area contributed by atoms with Crippen molar-refractivity contribution < 1.29 is 42.1 Å². The highest BCUT2D eigenvalue weighted by Gasteiger charge is 2.27. The van der Waals surface area contributed by atoms with Gasteiger partial charge in [-0.15, -0.1) is 0 Å². The normalized spacial score (nSPS) is 17.3. The van der Waals surface area contributed by atoms with Gasteiger partial charge < -0.3 is 30.0 Å². The van der Waals surface area contributed by atoms with Gasteiger partial charge in [-0.1, -0.05) is 6.08 Å². The number of Topliss-reactive ketones (excluding diaryl/α,β-unsaturated/α-hetero) is 1. The Balaban J connectivity index is 0.000000399. The van der Waals surface area contributed by atoms with E-state index in [1.54, 1.807) is 37.5 Å². The molecule has 1 aliphatic carbocycles. The van der Waals surface area contributed by atoms with Crippen molar-refractivity contribution in [2.75, 3.05) is 41.0 Å². The van der Waals surface area contributed by atoms with Gasteiger partial charge in [0.2, 0.25) is 5.91 Å². The van der Waals surface area contributed by atoms with E-state index in [-0.39, 0.29) is 17.4 Å². The van der Waals surface area contributed by atoms with E-state index in [0.717, 1.165) is 50.9 Å². The van der Waals surface area contributed by atoms with Crippen molar-refractivity contribution in [3.8, 4) is 5.75 Å². The summed E-state index contributed by atoms with van der Waals surface area (Å²) in [6.45, 7) is 3.36. The summed E-state index contributed by atoms with van der Waals surface area (Å²) in [4.78, 5) is 24.7. The fourth-order valence-electron chi connectivity index (χ4n) is 4.41. The molecule has 2 unspecified atom stereocenters. The Morgan fingerprint density at radius 2 is 1.66 bits per heavy atom. The topological polar surface area (TPSA) is 111 Å². The van der Waals surface area contributed by atoms with Crippen LogP contribution in [0.2, 0.25) is 0 Å². The van der Waals surface area contributed by atoms with Crippen LogP contribution in [0.4, 0.5) is 13.2 Å². The number of likely N-dealkylation sites (tertiary alicyclic amines) is 1. The van der Waals surface area contributed by atoms with Gasteiger partial charge in [-0.2, -0.15) is 4.39 Å². The number of nitrogens with two attached hydrogens (primary N) is 1. The zero-order chi connectivity index (χ0) is 30.6. The number of ether oxygens (including phenoxy) is 3. The number of aliphatic hydroxyl groups excluding tert-OH is 1. The number of rotatable bonds is 15. The van der Waals surface area contributed by atoms with E-state index in [1.807, 2.05) is 6.08 Å². The number of amides is 1. The van der Waals surface area contributed by atoms with Crippen LogP contribution in [0.3, 0.4) is 0 Å². The molecule has 3 N–H and O–H groups in total. The predicted octanol–water partition coefficient (Wildman–Crippen LogP) is 5.20. The smallest absolute Gasteiger partial charge is 0.304 e. The molecule has 0 saturated carbocycles. The van der Waals surface area contributed by atoms with Crippen molar-refractivity contribution >= 4 is 11.7 Å². The fourth-order valence-corrected chi connectivity index (χ4v) is 4.41. The zero-order valence-electron chi connectivity index (χ0n) is 24.3. The molecule has 1 aliphatic heterocycles. The molecule has 1 aromatic carbocycles. The number of halogens is 3. The highest BCUT2D eigenvalue weighted by Crippen LogP contribution is 2.27. The highest BCUT2D eigenvalue weighted by atomic mass is 19.3. The first-order valence-electron chi connectivity index (χ1n) is 13.9. The molecule has 2 aliphatic rings. The Morgan fingerprint density at radius 1 is 1.02 bits per heavy atom. The third kappa shape index (κ3) is 14.5. The molecule has 1 amide bonds. The van der Waals surface area contributed by atoms with E-state index in [0.29, 0.717) is 37.7 Å². The number of nitrogens with zero attached hydrogens (tertiary/aromatic N) is 1. The molecule has 2 atom stereocenters. The third-order valence-corrected chi connectivity index (χ3v) is 6.60. The number of carbonyl (C=O) groups excluding carboxylic acids is 2. The van der Waals surface area contributed by atoms with Gasteiger partial charge in [0.15, 0.2) is 5.78 Å². The van der Waals surface area contributed by atoms with Gasteiger partial charge in [0.1, 0.15) is 17.6 Å². The van der Waals surface area contributed by atoms with Crippen molar-refractivity contribution in [2.24, 2.45) is 5.73 Å². The largest absolute Gasteiger partial charge is 0.497 e. The lowest BCUT2D eigenvalue weighted by Crippen LogP contribution is -2.25. The van der Waals surface area contributed by atoms with Crippen molar-refractivity contribution in [3.05, 3.63) is 53.3 Å². The molecule has 1 heterocycles. The average Bonchev–Trinajstić information content (AvgIpc) is 3.50. The number of unbranched alkanes of at least 4 members (excludes halogenated alkanes) is 1. The van der Waals surface area contributed by atoms with Crippen LogP contribution < -0.4 is 10.5 Å². The van der Waals surface area contributed by atoms with Crippen molar-refractivity contribution in [1.82, 2.24) is 4.90 Å². The Bertz CT molecular complexity index is 950. The lowest BCUT2D eigenvalue weighted by atomic mass is 9.99. The minimum atomic E-state index is -3.15. The van der Waals surface area contributed by atoms with Gasteiger partial charge >= 0.3 is 6.43 Å². The second-order valence-corrected chi connectivity index (χ2v) is 9.57. The molecule has 41 heavy (non-hydrogen) atoms. The number of hydrogen-bond donors (Lipinski definition) is 2. The molecule has 0 radical (unpaired) electrons. The van der Waals surface area contributed by atoms with E-state index in [1.165, 1.54) is 20.0 Å². The van der Waals surface area contributed by atoms with Crippen LogP contribution in [0.1, 0.15) is 68.1 Å². The van der Waals surface area contributed by atoms with Crippen LogP contribution in [-0.2, 0) is 14.3 Å². The van der Waals surface area contributed by atoms with Crippen LogP contribution >= 0.6 is 0 Å². The molecule has 1 fully saturated rings. The molecule has 3 rings (SSSR count). The van der Waals surface area contributed by atoms with Crippen LogP contribution in [0.15, 0.2) is 47.7 Å². The summed E-state index contributed by atoms with van der Waals surface area (Å²) in [5.41, 5.74) is 6.69. The minimum Gasteiger partial charge on any atom is -0.497 e. The average molecular weight is 587 g/mol. The summed E-state index contributed by atoms with van der Waals surface area (Å²) in [5, 5.41) is 7.00. The van der Waals surface area contributed by atoms with Crippen LogP contribution in [0, 0.1) is 0 Å². The SMILES string of the molecule is CO.COC1CC=C(CCCN2CCCC2)C=C1OC(F)C(F)F.COc1ccc(C(=O)CCCCC(N)=O)cc1. The van der Waals surface area contributed by atoms with Gasteiger partial charge in [0, 0.05) is 32.6 Å². The summed E-state index contributed by atoms with van der Waals surface area (Å²) in [7, 11) is 4.05. The Morgan fingerprint density at radius 3 is 2.22 bits per heavy atom. The number of carbonyl (C=O) groups is 2. The molecule has 1 saturated heterocycles. The van der Waals surface area contributed by atoms with Crippen molar-refractivity contribution in [1.29, 1.82) is 0 Å². The second kappa shape index (κ2) is 20.9.